The fourth-order valence-corrected chi connectivity index (χ4v) is 4.31. The number of unbranched alkanes of at least 4 members (excludes halogenated alkanes) is 1. The molecule has 2 nitrogen and oxygen atoms in total. The van der Waals surface area contributed by atoms with Crippen LogP contribution in [0.15, 0.2) is 134 Å². The summed E-state index contributed by atoms with van der Waals surface area (Å²) in [6.45, 7) is 10.2. The molecule has 4 aromatic carbocycles. The van der Waals surface area contributed by atoms with Gasteiger partial charge in [0.05, 0.1) is 7.11 Å². The first-order valence-electron chi connectivity index (χ1n) is 13.7. The molecule has 200 valence electrons. The Kier molecular flexibility index (Phi) is 11.9. The molecule has 39 heavy (non-hydrogen) atoms. The van der Waals surface area contributed by atoms with E-state index in [9.17, 15) is 0 Å². The summed E-state index contributed by atoms with van der Waals surface area (Å²) in [6, 6.07) is 36.0. The quantitative estimate of drug-likeness (QED) is 0.195. The molecule has 4 rings (SSSR count). The molecule has 0 saturated heterocycles. The Balaban J connectivity index is 0.000000293. The van der Waals surface area contributed by atoms with Crippen molar-refractivity contribution >= 4 is 22.6 Å². The maximum absolute atomic E-state index is 5.13. The smallest absolute Gasteiger partial charge is 0.119 e. The lowest BCUT2D eigenvalue weighted by Crippen LogP contribution is -2.10. The molecule has 0 spiro atoms. The van der Waals surface area contributed by atoms with Gasteiger partial charge in [-0.3, -0.25) is 0 Å². The second kappa shape index (κ2) is 15.8. The van der Waals surface area contributed by atoms with E-state index in [2.05, 4.69) is 122 Å². The van der Waals surface area contributed by atoms with Crippen molar-refractivity contribution in [2.24, 2.45) is 0 Å². The second-order valence-corrected chi connectivity index (χ2v) is 9.37. The van der Waals surface area contributed by atoms with Crippen LogP contribution in [0.3, 0.4) is 0 Å². The number of rotatable bonds is 10. The summed E-state index contributed by atoms with van der Waals surface area (Å²) >= 11 is 0. The van der Waals surface area contributed by atoms with Crippen molar-refractivity contribution < 1.29 is 4.74 Å². The highest BCUT2D eigenvalue weighted by Crippen LogP contribution is 2.35. The van der Waals surface area contributed by atoms with Gasteiger partial charge in [-0.05, 0) is 91.9 Å². The van der Waals surface area contributed by atoms with E-state index < -0.39 is 0 Å². The number of ether oxygens (including phenoxy) is 1. The molecule has 0 N–H and O–H groups in total. The van der Waals surface area contributed by atoms with E-state index in [0.717, 1.165) is 34.8 Å². The number of allylic oxidation sites excluding steroid dienone is 5. The summed E-state index contributed by atoms with van der Waals surface area (Å²) in [4.78, 5) is 2.28. The maximum Gasteiger partial charge on any atom is 0.119 e. The molecule has 0 fully saturated rings. The van der Waals surface area contributed by atoms with Crippen molar-refractivity contribution in [3.05, 3.63) is 151 Å². The van der Waals surface area contributed by atoms with E-state index in [-0.39, 0.29) is 0 Å². The summed E-state index contributed by atoms with van der Waals surface area (Å²) < 4.78 is 5.13. The summed E-state index contributed by atoms with van der Waals surface area (Å²) in [5, 5.41) is 0. The van der Waals surface area contributed by atoms with Crippen molar-refractivity contribution in [1.82, 2.24) is 0 Å². The van der Waals surface area contributed by atoms with Crippen molar-refractivity contribution in [3.8, 4) is 5.75 Å². The number of aryl methyl sites for hydroxylation is 2. The van der Waals surface area contributed by atoms with Gasteiger partial charge < -0.3 is 9.64 Å². The fraction of sp³-hybridized carbons (Fsp3) is 0.189. The van der Waals surface area contributed by atoms with Crippen LogP contribution in [0.1, 0.15) is 43.4 Å². The largest absolute Gasteiger partial charge is 0.497 e. The van der Waals surface area contributed by atoms with Crippen LogP contribution in [-0.4, -0.2) is 7.11 Å². The first-order valence-corrected chi connectivity index (χ1v) is 13.7. The van der Waals surface area contributed by atoms with Crippen LogP contribution >= 0.6 is 0 Å². The third-order valence-electron chi connectivity index (χ3n) is 6.34. The monoisotopic (exact) mass is 515 g/mol. The lowest BCUT2D eigenvalue weighted by atomic mass is 10.0. The summed E-state index contributed by atoms with van der Waals surface area (Å²) in [7, 11) is 1.71. The molecule has 4 aromatic rings. The zero-order valence-electron chi connectivity index (χ0n) is 23.8. The molecule has 0 aromatic heterocycles. The standard InChI is InChI=1S/C26H25N.C11H16O/c1-4-10-22(11-5-2)23-12-9-15-26(20-23)27(24-13-7-6-8-14-24)25-18-16-21(3)17-19-25;1-3-4-6-10-7-5-8-11(9-10)12-2/h4-20H,1H2,2-3H3;5,7-9H,3-4,6H2,1-2H3/b11-5-,22-10+;. The van der Waals surface area contributed by atoms with Crippen LogP contribution < -0.4 is 9.64 Å². The number of para-hydroxylation sites is 1. The Morgan fingerprint density at radius 2 is 1.51 bits per heavy atom. The van der Waals surface area contributed by atoms with E-state index in [1.165, 1.54) is 29.5 Å². The third-order valence-corrected chi connectivity index (χ3v) is 6.34. The van der Waals surface area contributed by atoms with Gasteiger partial charge in [0.15, 0.2) is 0 Å². The number of hydrogen-bond donors (Lipinski definition) is 0. The molecule has 2 heteroatoms. The van der Waals surface area contributed by atoms with Gasteiger partial charge in [0, 0.05) is 17.1 Å². The number of benzene rings is 4. The maximum atomic E-state index is 5.13. The van der Waals surface area contributed by atoms with Crippen LogP contribution in [-0.2, 0) is 6.42 Å². The zero-order chi connectivity index (χ0) is 27.9. The molecule has 0 atom stereocenters. The van der Waals surface area contributed by atoms with Crippen LogP contribution in [0.5, 0.6) is 5.75 Å². The van der Waals surface area contributed by atoms with Gasteiger partial charge in [-0.25, -0.2) is 0 Å². The summed E-state index contributed by atoms with van der Waals surface area (Å²) in [5.41, 5.74) is 8.34. The lowest BCUT2D eigenvalue weighted by Gasteiger charge is -2.26. The molecule has 0 bridgehead atoms. The van der Waals surface area contributed by atoms with Crippen molar-refractivity contribution in [3.63, 3.8) is 0 Å². The highest BCUT2D eigenvalue weighted by molar-refractivity contribution is 5.81. The molecule has 0 aliphatic heterocycles. The highest BCUT2D eigenvalue weighted by atomic mass is 16.5. The van der Waals surface area contributed by atoms with Crippen molar-refractivity contribution in [1.29, 1.82) is 0 Å². The molecule has 0 saturated carbocycles. The van der Waals surface area contributed by atoms with Crippen LogP contribution in [0, 0.1) is 6.92 Å². The minimum Gasteiger partial charge on any atom is -0.497 e. The predicted molar refractivity (Wildman–Crippen MR) is 170 cm³/mol. The molecular formula is C37H41NO. The molecule has 0 heterocycles. The van der Waals surface area contributed by atoms with Gasteiger partial charge in [0.1, 0.15) is 5.75 Å². The van der Waals surface area contributed by atoms with Gasteiger partial charge in [-0.15, -0.1) is 0 Å². The number of hydrogen-bond acceptors (Lipinski definition) is 2. The number of nitrogens with zero attached hydrogens (tertiary/aromatic N) is 1. The summed E-state index contributed by atoms with van der Waals surface area (Å²) in [6.07, 6.45) is 11.7. The summed E-state index contributed by atoms with van der Waals surface area (Å²) in [5.74, 6) is 0.962. The Hall–Kier alpha value is -4.30. The fourth-order valence-electron chi connectivity index (χ4n) is 4.31. The normalized spacial score (nSPS) is 11.0. The van der Waals surface area contributed by atoms with Crippen LogP contribution in [0.25, 0.3) is 5.57 Å². The van der Waals surface area contributed by atoms with Gasteiger partial charge in [0.2, 0.25) is 0 Å². The van der Waals surface area contributed by atoms with Crippen molar-refractivity contribution in [2.45, 2.75) is 40.0 Å². The second-order valence-electron chi connectivity index (χ2n) is 9.37. The minimum absolute atomic E-state index is 0.962. The van der Waals surface area contributed by atoms with Crippen LogP contribution in [0.2, 0.25) is 0 Å². The van der Waals surface area contributed by atoms with E-state index in [4.69, 9.17) is 4.74 Å². The Morgan fingerprint density at radius 3 is 2.18 bits per heavy atom. The average Bonchev–Trinajstić information content (AvgIpc) is 2.98. The minimum atomic E-state index is 0.962. The number of methoxy groups -OCH3 is 1. The third kappa shape index (κ3) is 8.90. The highest BCUT2D eigenvalue weighted by Gasteiger charge is 2.13. The van der Waals surface area contributed by atoms with E-state index in [1.807, 2.05) is 37.3 Å². The van der Waals surface area contributed by atoms with Crippen LogP contribution in [0.4, 0.5) is 17.1 Å². The molecule has 0 unspecified atom stereocenters. The molecular weight excluding hydrogens is 474 g/mol. The Bertz CT molecular complexity index is 1350. The average molecular weight is 516 g/mol. The molecule has 0 amide bonds. The first kappa shape index (κ1) is 29.3. The van der Waals surface area contributed by atoms with E-state index in [0.29, 0.717) is 0 Å². The molecule has 0 aliphatic carbocycles. The van der Waals surface area contributed by atoms with Gasteiger partial charge in [-0.1, -0.05) is 104 Å². The Labute approximate surface area is 235 Å². The van der Waals surface area contributed by atoms with Crippen molar-refractivity contribution in [2.75, 3.05) is 12.0 Å². The van der Waals surface area contributed by atoms with Gasteiger partial charge in [-0.2, -0.15) is 0 Å². The van der Waals surface area contributed by atoms with Gasteiger partial charge >= 0.3 is 0 Å². The SMILES string of the molecule is C=C/C=C(\C=C/C)c1cccc(N(c2ccccc2)c2ccc(C)cc2)c1.CCCCc1cccc(OC)c1. The lowest BCUT2D eigenvalue weighted by molar-refractivity contribution is 0.414. The topological polar surface area (TPSA) is 12.5 Å². The number of anilines is 3. The van der Waals surface area contributed by atoms with E-state index in [1.54, 1.807) is 7.11 Å². The van der Waals surface area contributed by atoms with E-state index >= 15 is 0 Å². The molecule has 0 radical (unpaired) electrons. The predicted octanol–water partition coefficient (Wildman–Crippen LogP) is 10.6. The first-order chi connectivity index (χ1) is 19.1. The van der Waals surface area contributed by atoms with Gasteiger partial charge in [0.25, 0.3) is 0 Å². The molecule has 0 aliphatic rings. The Morgan fingerprint density at radius 1 is 0.821 bits per heavy atom. The zero-order valence-corrected chi connectivity index (χ0v) is 23.8.